The van der Waals surface area contributed by atoms with Crippen molar-refractivity contribution in [2.75, 3.05) is 38.5 Å². The second-order valence-corrected chi connectivity index (χ2v) is 6.72. The van der Waals surface area contributed by atoms with E-state index < -0.39 is 0 Å². The molecule has 0 saturated carbocycles. The fraction of sp³-hybridized carbons (Fsp3) is 0.562. The Morgan fingerprint density at radius 1 is 1.45 bits per heavy atom. The molecule has 0 radical (unpaired) electrons. The van der Waals surface area contributed by atoms with Gasteiger partial charge in [0.25, 0.3) is 0 Å². The van der Waals surface area contributed by atoms with Crippen LogP contribution in [-0.4, -0.2) is 44.0 Å². The van der Waals surface area contributed by atoms with Crippen LogP contribution in [0.15, 0.2) is 22.7 Å². The summed E-state index contributed by atoms with van der Waals surface area (Å²) in [4.78, 5) is 14.5. The average Bonchev–Trinajstić information content (AvgIpc) is 2.43. The number of nitrogens with one attached hydrogen (secondary N) is 2. The van der Waals surface area contributed by atoms with Crippen LogP contribution < -0.4 is 10.6 Å². The van der Waals surface area contributed by atoms with E-state index in [9.17, 15) is 4.79 Å². The highest BCUT2D eigenvalue weighted by atomic mass is 79.9. The fourth-order valence-corrected chi connectivity index (χ4v) is 3.39. The number of carbonyl (C=O) groups excluding carboxylic acids is 1. The van der Waals surface area contributed by atoms with Crippen molar-refractivity contribution in [2.24, 2.45) is 5.92 Å². The molecule has 124 valence electrons. The van der Waals surface area contributed by atoms with Gasteiger partial charge in [0.1, 0.15) is 0 Å². The molecule has 1 unspecified atom stereocenters. The Kier molecular flexibility index (Phi) is 8.39. The summed E-state index contributed by atoms with van der Waals surface area (Å²) in [5.41, 5.74) is 1.97. The molecule has 1 aliphatic rings. The predicted molar refractivity (Wildman–Crippen MR) is 97.8 cm³/mol. The number of aryl methyl sites for hydroxylation is 1. The van der Waals surface area contributed by atoms with E-state index in [0.717, 1.165) is 35.4 Å². The van der Waals surface area contributed by atoms with Crippen LogP contribution in [0, 0.1) is 12.8 Å². The van der Waals surface area contributed by atoms with Crippen LogP contribution in [0.3, 0.4) is 0 Å². The van der Waals surface area contributed by atoms with Crippen molar-refractivity contribution in [3.63, 3.8) is 0 Å². The first-order chi connectivity index (χ1) is 10.1. The van der Waals surface area contributed by atoms with E-state index in [1.54, 1.807) is 0 Å². The lowest BCUT2D eigenvalue weighted by Gasteiger charge is -2.32. The smallest absolute Gasteiger partial charge is 0.238 e. The highest BCUT2D eigenvalue weighted by molar-refractivity contribution is 9.10. The Bertz CT molecular complexity index is 496. The number of hydrogen-bond acceptors (Lipinski definition) is 3. The lowest BCUT2D eigenvalue weighted by Crippen LogP contribution is -2.42. The van der Waals surface area contributed by atoms with Crippen molar-refractivity contribution in [1.29, 1.82) is 0 Å². The van der Waals surface area contributed by atoms with Gasteiger partial charge in [-0.05, 0) is 69.6 Å². The minimum absolute atomic E-state index is 0. The molecule has 1 amide bonds. The zero-order chi connectivity index (χ0) is 15.2. The number of carbonyl (C=O) groups is 1. The second kappa shape index (κ2) is 9.50. The number of likely N-dealkylation sites (tertiary alicyclic amines) is 1. The van der Waals surface area contributed by atoms with E-state index in [0.29, 0.717) is 12.5 Å². The summed E-state index contributed by atoms with van der Waals surface area (Å²) in [6.45, 7) is 5.55. The zero-order valence-electron chi connectivity index (χ0n) is 13.2. The van der Waals surface area contributed by atoms with E-state index in [2.05, 4.69) is 31.5 Å². The molecule has 0 aromatic heterocycles. The van der Waals surface area contributed by atoms with E-state index >= 15 is 0 Å². The van der Waals surface area contributed by atoms with Crippen molar-refractivity contribution >= 4 is 39.9 Å². The van der Waals surface area contributed by atoms with Gasteiger partial charge in [-0.15, -0.1) is 12.4 Å². The Hall–Kier alpha value is -0.620. The molecule has 1 heterocycles. The third-order valence-electron chi connectivity index (χ3n) is 3.93. The van der Waals surface area contributed by atoms with Gasteiger partial charge in [0, 0.05) is 16.7 Å². The molecule has 0 bridgehead atoms. The SMILES string of the molecule is CNCC1CCCN(CC(=O)Nc2ccc(Br)cc2C)C1.Cl. The summed E-state index contributed by atoms with van der Waals surface area (Å²) in [5, 5.41) is 6.25. The number of halogens is 2. The Labute approximate surface area is 147 Å². The van der Waals surface area contributed by atoms with Crippen LogP contribution in [0.4, 0.5) is 5.69 Å². The van der Waals surface area contributed by atoms with Crippen LogP contribution in [-0.2, 0) is 4.79 Å². The third-order valence-corrected chi connectivity index (χ3v) is 4.42. The maximum absolute atomic E-state index is 12.2. The first-order valence-electron chi connectivity index (χ1n) is 7.51. The highest BCUT2D eigenvalue weighted by Crippen LogP contribution is 2.20. The number of benzene rings is 1. The molecule has 0 spiro atoms. The monoisotopic (exact) mass is 389 g/mol. The van der Waals surface area contributed by atoms with Gasteiger partial charge in [-0.2, -0.15) is 0 Å². The van der Waals surface area contributed by atoms with Crippen LogP contribution in [0.5, 0.6) is 0 Å². The van der Waals surface area contributed by atoms with Crippen molar-refractivity contribution in [2.45, 2.75) is 19.8 Å². The largest absolute Gasteiger partial charge is 0.325 e. The Morgan fingerprint density at radius 3 is 2.91 bits per heavy atom. The number of piperidine rings is 1. The summed E-state index contributed by atoms with van der Waals surface area (Å²) >= 11 is 3.44. The van der Waals surface area contributed by atoms with Gasteiger partial charge in [-0.25, -0.2) is 0 Å². The summed E-state index contributed by atoms with van der Waals surface area (Å²) in [6, 6.07) is 5.91. The van der Waals surface area contributed by atoms with E-state index in [1.807, 2.05) is 32.2 Å². The van der Waals surface area contributed by atoms with E-state index in [4.69, 9.17) is 0 Å². The lowest BCUT2D eigenvalue weighted by atomic mass is 9.98. The molecule has 1 atom stereocenters. The number of anilines is 1. The third kappa shape index (κ3) is 5.88. The van der Waals surface area contributed by atoms with Crippen molar-refractivity contribution < 1.29 is 4.79 Å². The summed E-state index contributed by atoms with van der Waals surface area (Å²) in [5.74, 6) is 0.733. The predicted octanol–water partition coefficient (Wildman–Crippen LogP) is 3.05. The van der Waals surface area contributed by atoms with Crippen molar-refractivity contribution in [1.82, 2.24) is 10.2 Å². The maximum Gasteiger partial charge on any atom is 0.238 e. The molecule has 1 saturated heterocycles. The van der Waals surface area contributed by atoms with Crippen molar-refractivity contribution in [3.8, 4) is 0 Å². The normalized spacial score (nSPS) is 18.6. The van der Waals surface area contributed by atoms with Crippen molar-refractivity contribution in [3.05, 3.63) is 28.2 Å². The molecular weight excluding hydrogens is 366 g/mol. The van der Waals surface area contributed by atoms with E-state index in [-0.39, 0.29) is 18.3 Å². The van der Waals surface area contributed by atoms with Gasteiger partial charge in [-0.3, -0.25) is 9.69 Å². The molecule has 1 aromatic rings. The molecule has 22 heavy (non-hydrogen) atoms. The molecule has 1 aromatic carbocycles. The second-order valence-electron chi connectivity index (χ2n) is 5.81. The van der Waals surface area contributed by atoms with Crippen LogP contribution in [0.1, 0.15) is 18.4 Å². The lowest BCUT2D eigenvalue weighted by molar-refractivity contribution is -0.117. The van der Waals surface area contributed by atoms with Gasteiger partial charge in [-0.1, -0.05) is 15.9 Å². The number of amides is 1. The fourth-order valence-electron chi connectivity index (χ4n) is 2.91. The first-order valence-corrected chi connectivity index (χ1v) is 8.30. The van der Waals surface area contributed by atoms with Gasteiger partial charge in [0.2, 0.25) is 5.91 Å². The molecule has 4 nitrogen and oxygen atoms in total. The zero-order valence-corrected chi connectivity index (χ0v) is 15.6. The number of rotatable bonds is 5. The molecule has 1 aliphatic heterocycles. The van der Waals surface area contributed by atoms with E-state index in [1.165, 1.54) is 12.8 Å². The molecule has 0 aliphatic carbocycles. The topological polar surface area (TPSA) is 44.4 Å². The van der Waals surface area contributed by atoms with Gasteiger partial charge in [0.05, 0.1) is 6.54 Å². The van der Waals surface area contributed by atoms with Gasteiger partial charge in [0.15, 0.2) is 0 Å². The number of nitrogens with zero attached hydrogens (tertiary/aromatic N) is 1. The van der Waals surface area contributed by atoms with Crippen LogP contribution >= 0.6 is 28.3 Å². The summed E-state index contributed by atoms with van der Waals surface area (Å²) in [6.07, 6.45) is 2.43. The number of hydrogen-bond donors (Lipinski definition) is 2. The minimum atomic E-state index is 0. The summed E-state index contributed by atoms with van der Waals surface area (Å²) < 4.78 is 1.03. The molecule has 1 fully saturated rings. The summed E-state index contributed by atoms with van der Waals surface area (Å²) in [7, 11) is 1.99. The standard InChI is InChI=1S/C16H24BrN3O.ClH/c1-12-8-14(17)5-6-15(12)19-16(21)11-20-7-3-4-13(10-20)9-18-2;/h5-6,8,13,18H,3-4,7,9-11H2,1-2H3,(H,19,21);1H. The molecule has 6 heteroatoms. The van der Waals surface area contributed by atoms with Crippen LogP contribution in [0.2, 0.25) is 0 Å². The quantitative estimate of drug-likeness (QED) is 0.812. The highest BCUT2D eigenvalue weighted by Gasteiger charge is 2.21. The molecule has 2 rings (SSSR count). The molecule has 2 N–H and O–H groups in total. The van der Waals surface area contributed by atoms with Gasteiger partial charge >= 0.3 is 0 Å². The maximum atomic E-state index is 12.2. The minimum Gasteiger partial charge on any atom is -0.325 e. The Morgan fingerprint density at radius 2 is 2.23 bits per heavy atom. The van der Waals surface area contributed by atoms with Gasteiger partial charge < -0.3 is 10.6 Å². The average molecular weight is 391 g/mol. The first kappa shape index (κ1) is 19.4. The molecular formula is C16H25BrClN3O. The Balaban J connectivity index is 0.00000242. The van der Waals surface area contributed by atoms with Crippen LogP contribution in [0.25, 0.3) is 0 Å².